The standard InChI is InChI=1S/C17H26N2O2S/c1-14(15-6-4-3-5-7-15)19-12-10-16(11-13-19)18(2)22(20,21)17-8-9-17/h3-7,14,16-17H,8-13H2,1-2H3. The first-order valence-corrected chi connectivity index (χ1v) is 9.76. The molecule has 1 saturated carbocycles. The lowest BCUT2D eigenvalue weighted by molar-refractivity contribution is 0.133. The average Bonchev–Trinajstić information content (AvgIpc) is 3.40. The number of nitrogens with zero attached hydrogens (tertiary/aromatic N) is 2. The Morgan fingerprint density at radius 1 is 1.09 bits per heavy atom. The molecule has 4 nitrogen and oxygen atoms in total. The molecule has 0 amide bonds. The van der Waals surface area contributed by atoms with E-state index in [2.05, 4.69) is 36.1 Å². The van der Waals surface area contributed by atoms with Crippen LogP contribution in [-0.2, 0) is 10.0 Å². The van der Waals surface area contributed by atoms with Gasteiger partial charge in [0.25, 0.3) is 0 Å². The molecular formula is C17H26N2O2S. The largest absolute Gasteiger partial charge is 0.296 e. The quantitative estimate of drug-likeness (QED) is 0.837. The van der Waals surface area contributed by atoms with Crippen molar-refractivity contribution in [3.63, 3.8) is 0 Å². The normalized spacial score (nSPS) is 22.9. The maximum atomic E-state index is 12.3. The molecule has 1 heterocycles. The summed E-state index contributed by atoms with van der Waals surface area (Å²) in [5.41, 5.74) is 1.33. The summed E-state index contributed by atoms with van der Waals surface area (Å²) < 4.78 is 26.3. The monoisotopic (exact) mass is 322 g/mol. The Balaban J connectivity index is 1.58. The summed E-state index contributed by atoms with van der Waals surface area (Å²) in [5, 5.41) is -0.0984. The SMILES string of the molecule is CC(c1ccccc1)N1CCC(N(C)S(=O)(=O)C2CC2)CC1. The molecular weight excluding hydrogens is 296 g/mol. The van der Waals surface area contributed by atoms with Crippen molar-refractivity contribution in [2.24, 2.45) is 0 Å². The van der Waals surface area contributed by atoms with E-state index >= 15 is 0 Å². The van der Waals surface area contributed by atoms with Crippen LogP contribution >= 0.6 is 0 Å². The predicted molar refractivity (Wildman–Crippen MR) is 89.2 cm³/mol. The number of benzene rings is 1. The van der Waals surface area contributed by atoms with Crippen LogP contribution in [0.4, 0.5) is 0 Å². The minimum absolute atomic E-state index is 0.0984. The summed E-state index contributed by atoms with van der Waals surface area (Å²) in [6.45, 7) is 4.16. The van der Waals surface area contributed by atoms with Crippen molar-refractivity contribution in [1.29, 1.82) is 0 Å². The Labute approximate surface area is 134 Å². The fourth-order valence-corrected chi connectivity index (χ4v) is 5.22. The molecule has 1 aromatic rings. The van der Waals surface area contributed by atoms with Crippen LogP contribution in [-0.4, -0.2) is 49.1 Å². The molecule has 1 aliphatic carbocycles. The molecule has 3 rings (SSSR count). The highest BCUT2D eigenvalue weighted by molar-refractivity contribution is 7.90. The van der Waals surface area contributed by atoms with Gasteiger partial charge in [-0.15, -0.1) is 0 Å². The third-order valence-electron chi connectivity index (χ3n) is 5.19. The molecule has 1 saturated heterocycles. The van der Waals surface area contributed by atoms with Crippen LogP contribution in [0, 0.1) is 0 Å². The van der Waals surface area contributed by atoms with Crippen molar-refractivity contribution >= 4 is 10.0 Å². The number of hydrogen-bond donors (Lipinski definition) is 0. The fraction of sp³-hybridized carbons (Fsp3) is 0.647. The Morgan fingerprint density at radius 2 is 1.68 bits per heavy atom. The second-order valence-corrected chi connectivity index (χ2v) is 8.89. The third kappa shape index (κ3) is 3.21. The maximum Gasteiger partial charge on any atom is 0.216 e. The van der Waals surface area contributed by atoms with Crippen molar-refractivity contribution in [3.05, 3.63) is 35.9 Å². The van der Waals surface area contributed by atoms with E-state index in [9.17, 15) is 8.42 Å². The Morgan fingerprint density at radius 3 is 2.23 bits per heavy atom. The van der Waals surface area contributed by atoms with Gasteiger partial charge in [0.2, 0.25) is 10.0 Å². The van der Waals surface area contributed by atoms with E-state index in [-0.39, 0.29) is 11.3 Å². The lowest BCUT2D eigenvalue weighted by Crippen LogP contribution is -2.46. The number of rotatable bonds is 5. The molecule has 2 aliphatic rings. The van der Waals surface area contributed by atoms with E-state index in [4.69, 9.17) is 0 Å². The van der Waals surface area contributed by atoms with E-state index < -0.39 is 10.0 Å². The van der Waals surface area contributed by atoms with Gasteiger partial charge in [-0.25, -0.2) is 12.7 Å². The minimum Gasteiger partial charge on any atom is -0.296 e. The second-order valence-electron chi connectivity index (χ2n) is 6.61. The van der Waals surface area contributed by atoms with Gasteiger partial charge in [-0.05, 0) is 38.2 Å². The van der Waals surface area contributed by atoms with Gasteiger partial charge in [-0.1, -0.05) is 30.3 Å². The highest BCUT2D eigenvalue weighted by Gasteiger charge is 2.41. The zero-order valence-corrected chi connectivity index (χ0v) is 14.3. The molecule has 1 unspecified atom stereocenters. The van der Waals surface area contributed by atoms with Crippen LogP contribution in [0.1, 0.15) is 44.2 Å². The van der Waals surface area contributed by atoms with Crippen molar-refractivity contribution in [3.8, 4) is 0 Å². The van der Waals surface area contributed by atoms with Crippen molar-refractivity contribution in [2.75, 3.05) is 20.1 Å². The highest BCUT2D eigenvalue weighted by atomic mass is 32.2. The molecule has 0 spiro atoms. The number of likely N-dealkylation sites (tertiary alicyclic amines) is 1. The average molecular weight is 322 g/mol. The zero-order valence-electron chi connectivity index (χ0n) is 13.5. The summed E-state index contributed by atoms with van der Waals surface area (Å²) in [7, 11) is -1.27. The predicted octanol–water partition coefficient (Wildman–Crippen LogP) is 2.64. The molecule has 0 aromatic heterocycles. The Hall–Kier alpha value is -0.910. The van der Waals surface area contributed by atoms with Crippen LogP contribution in [0.2, 0.25) is 0 Å². The smallest absolute Gasteiger partial charge is 0.216 e. The summed E-state index contributed by atoms with van der Waals surface area (Å²) in [4.78, 5) is 2.46. The molecule has 122 valence electrons. The molecule has 5 heteroatoms. The first-order chi connectivity index (χ1) is 10.5. The fourth-order valence-electron chi connectivity index (χ4n) is 3.39. The summed E-state index contributed by atoms with van der Waals surface area (Å²) in [6.07, 6.45) is 3.55. The molecule has 2 fully saturated rings. The molecule has 0 N–H and O–H groups in total. The van der Waals surface area contributed by atoms with E-state index in [0.29, 0.717) is 6.04 Å². The Kier molecular flexibility index (Phi) is 4.57. The highest BCUT2D eigenvalue weighted by Crippen LogP contribution is 2.33. The molecule has 22 heavy (non-hydrogen) atoms. The van der Waals surface area contributed by atoms with Gasteiger partial charge in [0.05, 0.1) is 5.25 Å². The minimum atomic E-state index is -3.04. The first kappa shape index (κ1) is 16.0. The third-order valence-corrected chi connectivity index (χ3v) is 7.60. The number of sulfonamides is 1. The van der Waals surface area contributed by atoms with Crippen molar-refractivity contribution in [2.45, 2.75) is 49.9 Å². The Bertz CT molecular complexity index is 590. The lowest BCUT2D eigenvalue weighted by atomic mass is 10.0. The van der Waals surface area contributed by atoms with E-state index in [1.807, 2.05) is 6.07 Å². The summed E-state index contributed by atoms with van der Waals surface area (Å²) >= 11 is 0. The second kappa shape index (κ2) is 6.30. The molecule has 1 aromatic carbocycles. The summed E-state index contributed by atoms with van der Waals surface area (Å²) in [5.74, 6) is 0. The van der Waals surface area contributed by atoms with Gasteiger partial charge in [-0.2, -0.15) is 0 Å². The summed E-state index contributed by atoms with van der Waals surface area (Å²) in [6, 6.07) is 11.1. The first-order valence-electron chi connectivity index (χ1n) is 8.26. The maximum absolute atomic E-state index is 12.3. The number of hydrogen-bond acceptors (Lipinski definition) is 3. The van der Waals surface area contributed by atoms with Crippen LogP contribution in [0.25, 0.3) is 0 Å². The number of piperidine rings is 1. The topological polar surface area (TPSA) is 40.6 Å². The zero-order chi connectivity index (χ0) is 15.7. The van der Waals surface area contributed by atoms with E-state index in [1.54, 1.807) is 11.4 Å². The van der Waals surface area contributed by atoms with Crippen LogP contribution < -0.4 is 0 Å². The van der Waals surface area contributed by atoms with Crippen LogP contribution in [0.3, 0.4) is 0 Å². The van der Waals surface area contributed by atoms with Gasteiger partial charge < -0.3 is 0 Å². The molecule has 0 radical (unpaired) electrons. The van der Waals surface area contributed by atoms with Crippen LogP contribution in [0.5, 0.6) is 0 Å². The molecule has 1 aliphatic heterocycles. The van der Waals surface area contributed by atoms with Crippen molar-refractivity contribution < 1.29 is 8.42 Å². The van der Waals surface area contributed by atoms with E-state index in [1.165, 1.54) is 5.56 Å². The molecule has 0 bridgehead atoms. The molecule has 1 atom stereocenters. The van der Waals surface area contributed by atoms with Gasteiger partial charge in [0.15, 0.2) is 0 Å². The van der Waals surface area contributed by atoms with Crippen LogP contribution in [0.15, 0.2) is 30.3 Å². The lowest BCUT2D eigenvalue weighted by Gasteiger charge is -2.39. The van der Waals surface area contributed by atoms with Crippen molar-refractivity contribution in [1.82, 2.24) is 9.21 Å². The van der Waals surface area contributed by atoms with Gasteiger partial charge >= 0.3 is 0 Å². The van der Waals surface area contributed by atoms with Gasteiger partial charge in [0.1, 0.15) is 0 Å². The van der Waals surface area contributed by atoms with E-state index in [0.717, 1.165) is 38.8 Å². The van der Waals surface area contributed by atoms with Gasteiger partial charge in [0, 0.05) is 32.2 Å². The van der Waals surface area contributed by atoms with Gasteiger partial charge in [-0.3, -0.25) is 4.90 Å².